The van der Waals surface area contributed by atoms with Gasteiger partial charge < -0.3 is 14.8 Å². The van der Waals surface area contributed by atoms with Crippen LogP contribution in [0.4, 0.5) is 0 Å². The van der Waals surface area contributed by atoms with Crippen molar-refractivity contribution < 1.29 is 14.3 Å². The first kappa shape index (κ1) is 21.7. The zero-order valence-electron chi connectivity index (χ0n) is 15.8. The minimum Gasteiger partial charge on any atom is -0.459 e. The Hall–Kier alpha value is -0.630. The smallest absolute Gasteiger partial charge is 0.322 e. The second-order valence-electron chi connectivity index (χ2n) is 7.50. The van der Waals surface area contributed by atoms with Crippen LogP contribution in [0.2, 0.25) is 0 Å². The molecule has 0 fully saturated rings. The Kier molecular flexibility index (Phi) is 7.53. The van der Waals surface area contributed by atoms with Crippen LogP contribution in [0.5, 0.6) is 0 Å². The molecule has 26 heavy (non-hydrogen) atoms. The van der Waals surface area contributed by atoms with Crippen molar-refractivity contribution in [3.8, 4) is 0 Å². The number of esters is 1. The van der Waals surface area contributed by atoms with Crippen LogP contribution < -0.4 is 5.32 Å². The van der Waals surface area contributed by atoms with Crippen LogP contribution >= 0.6 is 39.5 Å². The summed E-state index contributed by atoms with van der Waals surface area (Å²) in [5, 5.41) is 5.47. The van der Waals surface area contributed by atoms with E-state index in [1.807, 2.05) is 58.9 Å². The summed E-state index contributed by atoms with van der Waals surface area (Å²) in [6, 6.07) is 8.09. The van der Waals surface area contributed by atoms with Gasteiger partial charge >= 0.3 is 5.97 Å². The molecule has 1 N–H and O–H groups in total. The Morgan fingerprint density at radius 3 is 2.46 bits per heavy atom. The van der Waals surface area contributed by atoms with E-state index in [0.717, 1.165) is 15.7 Å². The lowest BCUT2D eigenvalue weighted by Gasteiger charge is -2.29. The maximum atomic E-state index is 12.4. The van der Waals surface area contributed by atoms with Crippen molar-refractivity contribution in [2.45, 2.75) is 56.3 Å². The second-order valence-corrected chi connectivity index (χ2v) is 11.4. The molecule has 0 aliphatic carbocycles. The normalized spacial score (nSPS) is 17.6. The summed E-state index contributed by atoms with van der Waals surface area (Å²) in [5.74, 6) is -0.197. The number of nitrogens with one attached hydrogen (secondary N) is 1. The van der Waals surface area contributed by atoms with E-state index in [2.05, 4.69) is 26.7 Å². The fourth-order valence-electron chi connectivity index (χ4n) is 2.07. The maximum Gasteiger partial charge on any atom is 0.322 e. The molecular formula is C19H26BrNO3S2. The van der Waals surface area contributed by atoms with Crippen molar-refractivity contribution in [1.29, 1.82) is 0 Å². The van der Waals surface area contributed by atoms with Crippen molar-refractivity contribution in [3.63, 3.8) is 0 Å². The second kappa shape index (κ2) is 9.04. The number of benzene rings is 1. The van der Waals surface area contributed by atoms with Gasteiger partial charge in [-0.25, -0.2) is 0 Å². The van der Waals surface area contributed by atoms with Gasteiger partial charge in [0.2, 0.25) is 0 Å². The van der Waals surface area contributed by atoms with E-state index in [0.29, 0.717) is 13.2 Å². The average Bonchev–Trinajstić information content (AvgIpc) is 2.94. The van der Waals surface area contributed by atoms with E-state index in [9.17, 15) is 4.79 Å². The first-order valence-electron chi connectivity index (χ1n) is 8.40. The molecule has 0 radical (unpaired) electrons. The SMILES string of the molecule is CC(C)(C)OC(=O)C(C)(C)SC1NC(COCc2ccc(Br)cc2)=CS1. The molecular weight excluding hydrogens is 434 g/mol. The number of rotatable bonds is 7. The van der Waals surface area contributed by atoms with Crippen LogP contribution in [0.25, 0.3) is 0 Å². The Bertz CT molecular complexity index is 654. The topological polar surface area (TPSA) is 47.6 Å². The Morgan fingerprint density at radius 1 is 1.19 bits per heavy atom. The molecule has 1 atom stereocenters. The third-order valence-electron chi connectivity index (χ3n) is 3.37. The van der Waals surface area contributed by atoms with Crippen molar-refractivity contribution in [3.05, 3.63) is 45.4 Å². The van der Waals surface area contributed by atoms with Crippen molar-refractivity contribution >= 4 is 45.4 Å². The van der Waals surface area contributed by atoms with Crippen LogP contribution in [0, 0.1) is 0 Å². The van der Waals surface area contributed by atoms with E-state index < -0.39 is 10.3 Å². The van der Waals surface area contributed by atoms with Crippen molar-refractivity contribution in [2.24, 2.45) is 0 Å². The van der Waals surface area contributed by atoms with Gasteiger partial charge in [0.25, 0.3) is 0 Å². The Balaban J connectivity index is 1.75. The molecule has 2 rings (SSSR count). The first-order chi connectivity index (χ1) is 12.0. The highest BCUT2D eigenvalue weighted by Crippen LogP contribution is 2.39. The van der Waals surface area contributed by atoms with Crippen LogP contribution in [-0.2, 0) is 20.9 Å². The number of thioether (sulfide) groups is 2. The minimum absolute atomic E-state index is 0.0730. The lowest BCUT2D eigenvalue weighted by Crippen LogP contribution is -2.38. The monoisotopic (exact) mass is 459 g/mol. The van der Waals surface area contributed by atoms with E-state index in [1.54, 1.807) is 23.5 Å². The number of ether oxygens (including phenoxy) is 2. The van der Waals surface area contributed by atoms with Crippen LogP contribution in [0.1, 0.15) is 40.2 Å². The zero-order valence-corrected chi connectivity index (χ0v) is 19.0. The number of halogens is 1. The molecule has 0 saturated heterocycles. The molecule has 1 aromatic carbocycles. The van der Waals surface area contributed by atoms with Crippen LogP contribution in [-0.4, -0.2) is 27.6 Å². The summed E-state index contributed by atoms with van der Waals surface area (Å²) < 4.78 is 11.8. The molecule has 1 heterocycles. The average molecular weight is 460 g/mol. The largest absolute Gasteiger partial charge is 0.459 e. The molecule has 0 saturated carbocycles. The molecule has 0 amide bonds. The Morgan fingerprint density at radius 2 is 1.85 bits per heavy atom. The van der Waals surface area contributed by atoms with Gasteiger partial charge in [-0.05, 0) is 57.7 Å². The molecule has 4 nitrogen and oxygen atoms in total. The van der Waals surface area contributed by atoms with Gasteiger partial charge in [-0.15, -0.1) is 11.8 Å². The first-order valence-corrected chi connectivity index (χ1v) is 11.0. The van der Waals surface area contributed by atoms with Gasteiger partial charge in [0, 0.05) is 10.2 Å². The molecule has 1 aliphatic heterocycles. The van der Waals surface area contributed by atoms with Gasteiger partial charge in [-0.2, -0.15) is 0 Å². The third-order valence-corrected chi connectivity index (χ3v) is 6.39. The number of carbonyl (C=O) groups is 1. The summed E-state index contributed by atoms with van der Waals surface area (Å²) in [4.78, 5) is 12.4. The summed E-state index contributed by atoms with van der Waals surface area (Å²) in [5.41, 5.74) is 1.69. The molecule has 0 aromatic heterocycles. The van der Waals surface area contributed by atoms with Gasteiger partial charge in [-0.1, -0.05) is 39.8 Å². The summed E-state index contributed by atoms with van der Waals surface area (Å²) in [6.45, 7) is 10.5. The molecule has 7 heteroatoms. The number of hydrogen-bond donors (Lipinski definition) is 1. The Labute approximate surface area is 173 Å². The fraction of sp³-hybridized carbons (Fsp3) is 0.526. The van der Waals surface area contributed by atoms with Crippen LogP contribution in [0.3, 0.4) is 0 Å². The summed E-state index contributed by atoms with van der Waals surface area (Å²) >= 11 is 6.64. The predicted molar refractivity (Wildman–Crippen MR) is 114 cm³/mol. The molecule has 1 aliphatic rings. The van der Waals surface area contributed by atoms with Crippen molar-refractivity contribution in [1.82, 2.24) is 5.32 Å². The lowest BCUT2D eigenvalue weighted by atomic mass is 10.1. The number of hydrogen-bond acceptors (Lipinski definition) is 6. The van der Waals surface area contributed by atoms with E-state index >= 15 is 0 Å². The highest BCUT2D eigenvalue weighted by atomic mass is 79.9. The lowest BCUT2D eigenvalue weighted by molar-refractivity contribution is -0.156. The summed E-state index contributed by atoms with van der Waals surface area (Å²) in [7, 11) is 0. The highest BCUT2D eigenvalue weighted by molar-refractivity contribution is 9.10. The van der Waals surface area contributed by atoms with Gasteiger partial charge in [0.05, 0.1) is 13.2 Å². The maximum absolute atomic E-state index is 12.4. The molecule has 0 spiro atoms. The van der Waals surface area contributed by atoms with E-state index in [4.69, 9.17) is 9.47 Å². The zero-order chi connectivity index (χ0) is 19.4. The quantitative estimate of drug-likeness (QED) is 0.559. The molecule has 1 unspecified atom stereocenters. The van der Waals surface area contributed by atoms with Crippen molar-refractivity contribution in [2.75, 3.05) is 6.61 Å². The van der Waals surface area contributed by atoms with E-state index in [1.165, 1.54) is 0 Å². The standard InChI is InChI=1S/C19H26BrNO3S2/c1-18(2,3)24-16(22)19(4,5)26-17-21-15(12-25-17)11-23-10-13-6-8-14(20)9-7-13/h6-9,12,17,21H,10-11H2,1-5H3. The van der Waals surface area contributed by atoms with E-state index in [-0.39, 0.29) is 10.7 Å². The minimum atomic E-state index is -0.625. The molecule has 0 bridgehead atoms. The van der Waals surface area contributed by atoms with Crippen LogP contribution in [0.15, 0.2) is 39.8 Å². The number of carbonyl (C=O) groups excluding carboxylic acids is 1. The third kappa shape index (κ3) is 7.18. The molecule has 144 valence electrons. The predicted octanol–water partition coefficient (Wildman–Crippen LogP) is 5.28. The van der Waals surface area contributed by atoms with Gasteiger partial charge in [0.15, 0.2) is 0 Å². The van der Waals surface area contributed by atoms with Gasteiger partial charge in [0.1, 0.15) is 15.1 Å². The highest BCUT2D eigenvalue weighted by Gasteiger charge is 2.37. The van der Waals surface area contributed by atoms with Gasteiger partial charge in [-0.3, -0.25) is 4.79 Å². The fourth-order valence-corrected chi connectivity index (χ4v) is 4.97. The molecule has 1 aromatic rings. The summed E-state index contributed by atoms with van der Waals surface area (Å²) in [6.07, 6.45) is 0.